The second kappa shape index (κ2) is 9.41. The topological polar surface area (TPSA) is 9.23 Å². The summed E-state index contributed by atoms with van der Waals surface area (Å²) in [6.45, 7) is 14.1. The predicted molar refractivity (Wildman–Crippen MR) is 129 cm³/mol. The van der Waals surface area contributed by atoms with Gasteiger partial charge in [0.2, 0.25) is 0 Å². The van der Waals surface area contributed by atoms with E-state index in [0.717, 1.165) is 12.3 Å². The van der Waals surface area contributed by atoms with Gasteiger partial charge in [-0.15, -0.1) is 0 Å². The van der Waals surface area contributed by atoms with Crippen LogP contribution in [0, 0.1) is 17.3 Å². The van der Waals surface area contributed by atoms with Crippen molar-refractivity contribution in [1.29, 1.82) is 0 Å². The van der Waals surface area contributed by atoms with Crippen LogP contribution in [0.25, 0.3) is 0 Å². The molecule has 0 aromatic heterocycles. The molecule has 30 heavy (non-hydrogen) atoms. The van der Waals surface area contributed by atoms with E-state index in [-0.39, 0.29) is 16.9 Å². The van der Waals surface area contributed by atoms with Crippen molar-refractivity contribution in [1.82, 2.24) is 0 Å². The molecule has 3 rings (SSSR count). The van der Waals surface area contributed by atoms with E-state index >= 15 is 0 Å². The third-order valence-corrected chi connectivity index (χ3v) is 7.11. The summed E-state index contributed by atoms with van der Waals surface area (Å²) >= 11 is 0. The predicted octanol–water partition coefficient (Wildman–Crippen LogP) is 8.13. The van der Waals surface area contributed by atoms with Gasteiger partial charge in [-0.05, 0) is 46.8 Å². The second-order valence-corrected chi connectivity index (χ2v) is 10.9. The van der Waals surface area contributed by atoms with Crippen LogP contribution in [0.4, 0.5) is 0 Å². The van der Waals surface area contributed by atoms with E-state index in [1.54, 1.807) is 0 Å². The molecular weight excluding hydrogens is 364 g/mol. The van der Waals surface area contributed by atoms with Gasteiger partial charge in [-0.3, -0.25) is 0 Å². The van der Waals surface area contributed by atoms with Crippen LogP contribution in [0.2, 0.25) is 0 Å². The zero-order chi connectivity index (χ0) is 21.8. The van der Waals surface area contributed by atoms with Gasteiger partial charge in [0.25, 0.3) is 0 Å². The lowest BCUT2D eigenvalue weighted by molar-refractivity contribution is 0.00194. The molecule has 2 aromatic carbocycles. The van der Waals surface area contributed by atoms with Gasteiger partial charge in [-0.25, -0.2) is 0 Å². The van der Waals surface area contributed by atoms with E-state index < -0.39 is 0 Å². The molecule has 0 N–H and O–H groups in total. The fraction of sp³-hybridized carbons (Fsp3) is 0.517. The molecular formula is C29H40O. The Balaban J connectivity index is 1.80. The lowest BCUT2D eigenvalue weighted by Crippen LogP contribution is -2.42. The normalized spacial score (nSPS) is 24.0. The van der Waals surface area contributed by atoms with Gasteiger partial charge in [-0.1, -0.05) is 109 Å². The Morgan fingerprint density at radius 1 is 0.867 bits per heavy atom. The van der Waals surface area contributed by atoms with Crippen LogP contribution >= 0.6 is 0 Å². The average molecular weight is 405 g/mol. The highest BCUT2D eigenvalue weighted by Crippen LogP contribution is 2.44. The van der Waals surface area contributed by atoms with Crippen LogP contribution in [0.3, 0.4) is 0 Å². The molecule has 4 atom stereocenters. The molecule has 1 aliphatic rings. The molecule has 0 saturated heterocycles. The van der Waals surface area contributed by atoms with Gasteiger partial charge in [0, 0.05) is 11.8 Å². The van der Waals surface area contributed by atoms with Gasteiger partial charge < -0.3 is 4.74 Å². The number of rotatable bonds is 6. The number of hydrogen-bond acceptors (Lipinski definition) is 1. The van der Waals surface area contributed by atoms with Crippen LogP contribution in [-0.4, -0.2) is 6.10 Å². The monoisotopic (exact) mass is 404 g/mol. The zero-order valence-corrected chi connectivity index (χ0v) is 19.8. The number of allylic oxidation sites excluding steroid dienone is 1. The van der Waals surface area contributed by atoms with Gasteiger partial charge in [-0.2, -0.15) is 0 Å². The van der Waals surface area contributed by atoms with E-state index in [9.17, 15) is 0 Å². The summed E-state index contributed by atoms with van der Waals surface area (Å²) in [5.41, 5.74) is 3.01. The van der Waals surface area contributed by atoms with Crippen molar-refractivity contribution in [3.05, 3.63) is 84.1 Å². The summed E-state index contributed by atoms with van der Waals surface area (Å²) in [6, 6.07) is 21.8. The molecule has 0 spiro atoms. The molecule has 0 amide bonds. The number of ether oxygens (including phenoxy) is 1. The highest BCUT2D eigenvalue weighted by atomic mass is 16.5. The largest absolute Gasteiger partial charge is 0.498 e. The Bertz CT molecular complexity index is 797. The van der Waals surface area contributed by atoms with Crippen molar-refractivity contribution in [2.75, 3.05) is 0 Å². The van der Waals surface area contributed by atoms with Crippen LogP contribution in [-0.2, 0) is 10.2 Å². The lowest BCUT2D eigenvalue weighted by atomic mass is 9.64. The minimum Gasteiger partial charge on any atom is -0.498 e. The standard InChI is InChI=1S/C29H40O/c1-22-17-18-26(29(5,6)24-15-11-8-12-16-24)27(21-22)30-20-19-25(28(2,3)4)23-13-9-7-10-14-23/h7-16,19-20,22,25-27H,17-18,21H2,1-6H3/b20-19-/t22-,25-,26-,27-/m1/s1. The minimum atomic E-state index is 0.1000. The summed E-state index contributed by atoms with van der Waals surface area (Å²) < 4.78 is 6.54. The second-order valence-electron chi connectivity index (χ2n) is 10.9. The minimum absolute atomic E-state index is 0.1000. The Morgan fingerprint density at radius 3 is 2.07 bits per heavy atom. The number of hydrogen-bond donors (Lipinski definition) is 0. The van der Waals surface area contributed by atoms with Crippen molar-refractivity contribution >= 4 is 0 Å². The molecule has 0 aliphatic heterocycles. The van der Waals surface area contributed by atoms with Gasteiger partial charge in [0.05, 0.1) is 6.26 Å². The van der Waals surface area contributed by atoms with Crippen molar-refractivity contribution in [3.63, 3.8) is 0 Å². The molecule has 0 radical (unpaired) electrons. The molecule has 1 aliphatic carbocycles. The molecule has 1 heteroatoms. The maximum Gasteiger partial charge on any atom is 0.102 e. The smallest absolute Gasteiger partial charge is 0.102 e. The first-order chi connectivity index (χ1) is 14.2. The van der Waals surface area contributed by atoms with E-state index in [0.29, 0.717) is 11.8 Å². The highest BCUT2D eigenvalue weighted by Gasteiger charge is 2.41. The fourth-order valence-corrected chi connectivity index (χ4v) is 5.17. The average Bonchev–Trinajstić information content (AvgIpc) is 2.71. The van der Waals surface area contributed by atoms with Crippen molar-refractivity contribution < 1.29 is 4.74 Å². The summed E-state index contributed by atoms with van der Waals surface area (Å²) in [5.74, 6) is 1.57. The summed E-state index contributed by atoms with van der Waals surface area (Å²) in [6.07, 6.45) is 8.20. The molecule has 1 fully saturated rings. The molecule has 0 heterocycles. The quantitative estimate of drug-likeness (QED) is 0.442. The van der Waals surface area contributed by atoms with E-state index in [1.807, 2.05) is 6.26 Å². The van der Waals surface area contributed by atoms with Crippen molar-refractivity contribution in [2.45, 2.75) is 78.2 Å². The number of benzene rings is 2. The van der Waals surface area contributed by atoms with Crippen LogP contribution < -0.4 is 0 Å². The van der Waals surface area contributed by atoms with Crippen LogP contribution in [0.15, 0.2) is 73.0 Å². The molecule has 162 valence electrons. The van der Waals surface area contributed by atoms with Gasteiger partial charge in [0.15, 0.2) is 0 Å². The summed E-state index contributed by atoms with van der Waals surface area (Å²) in [7, 11) is 0. The Labute approximate surface area is 184 Å². The fourth-order valence-electron chi connectivity index (χ4n) is 5.17. The zero-order valence-electron chi connectivity index (χ0n) is 19.8. The molecule has 2 aromatic rings. The van der Waals surface area contributed by atoms with E-state index in [1.165, 1.54) is 24.0 Å². The van der Waals surface area contributed by atoms with Gasteiger partial charge in [0.1, 0.15) is 6.10 Å². The third-order valence-electron chi connectivity index (χ3n) is 7.11. The van der Waals surface area contributed by atoms with Crippen LogP contribution in [0.1, 0.15) is 77.8 Å². The Hall–Kier alpha value is -2.02. The van der Waals surface area contributed by atoms with Crippen molar-refractivity contribution in [2.24, 2.45) is 17.3 Å². The maximum absolute atomic E-state index is 6.54. The highest BCUT2D eigenvalue weighted by molar-refractivity contribution is 5.27. The van der Waals surface area contributed by atoms with Crippen molar-refractivity contribution in [3.8, 4) is 0 Å². The van der Waals surface area contributed by atoms with E-state index in [2.05, 4.69) is 108 Å². The molecule has 0 unspecified atom stereocenters. The Morgan fingerprint density at radius 2 is 1.47 bits per heavy atom. The SMILES string of the molecule is C[C@@H]1CC[C@@H](C(C)(C)c2ccccc2)[C@H](O/C=C\[C@H](c2ccccc2)C(C)(C)C)C1. The van der Waals surface area contributed by atoms with Crippen LogP contribution in [0.5, 0.6) is 0 Å². The Kier molecular flexibility index (Phi) is 7.11. The maximum atomic E-state index is 6.54. The first-order valence-electron chi connectivity index (χ1n) is 11.6. The summed E-state index contributed by atoms with van der Waals surface area (Å²) in [5, 5.41) is 0. The molecule has 1 saturated carbocycles. The molecule has 0 bridgehead atoms. The summed E-state index contributed by atoms with van der Waals surface area (Å²) in [4.78, 5) is 0. The van der Waals surface area contributed by atoms with E-state index in [4.69, 9.17) is 4.74 Å². The lowest BCUT2D eigenvalue weighted by Gasteiger charge is -2.44. The molecule has 1 nitrogen and oxygen atoms in total. The first-order valence-corrected chi connectivity index (χ1v) is 11.6. The third kappa shape index (κ3) is 5.36. The first kappa shape index (κ1) is 22.7. The van der Waals surface area contributed by atoms with Gasteiger partial charge >= 0.3 is 0 Å².